The zero-order valence-corrected chi connectivity index (χ0v) is 16.9. The lowest BCUT2D eigenvalue weighted by Gasteiger charge is -2.46. The smallest absolute Gasteiger partial charge is 0.0703 e. The van der Waals surface area contributed by atoms with E-state index in [-0.39, 0.29) is 0 Å². The van der Waals surface area contributed by atoms with E-state index in [2.05, 4.69) is 57.3 Å². The van der Waals surface area contributed by atoms with Crippen LogP contribution in [0.3, 0.4) is 0 Å². The van der Waals surface area contributed by atoms with Gasteiger partial charge in [-0.15, -0.1) is 0 Å². The Morgan fingerprint density at radius 1 is 1.07 bits per heavy atom. The monoisotopic (exact) mass is 375 g/mol. The van der Waals surface area contributed by atoms with Crippen molar-refractivity contribution in [1.82, 2.24) is 19.7 Å². The van der Waals surface area contributed by atoms with Crippen LogP contribution >= 0.6 is 0 Å². The average molecular weight is 376 g/mol. The fourth-order valence-electron chi connectivity index (χ4n) is 5.15. The first-order chi connectivity index (χ1) is 13.6. The highest BCUT2D eigenvalue weighted by molar-refractivity contribution is 5.82. The van der Waals surface area contributed by atoms with Crippen LogP contribution in [-0.2, 0) is 13.6 Å². The molecule has 1 aromatic carbocycles. The number of aromatic nitrogens is 3. The Morgan fingerprint density at radius 3 is 2.71 bits per heavy atom. The minimum atomic E-state index is 0.372. The summed E-state index contributed by atoms with van der Waals surface area (Å²) in [6.45, 7) is 6.71. The predicted molar refractivity (Wildman–Crippen MR) is 114 cm³/mol. The topological polar surface area (TPSA) is 37.2 Å². The van der Waals surface area contributed by atoms with Gasteiger partial charge in [0.05, 0.1) is 11.7 Å². The van der Waals surface area contributed by atoms with Crippen LogP contribution in [0.2, 0.25) is 0 Å². The van der Waals surface area contributed by atoms with Gasteiger partial charge in [0.2, 0.25) is 0 Å². The molecule has 3 aromatic rings. The summed E-state index contributed by atoms with van der Waals surface area (Å²) in [5, 5.41) is 5.68. The van der Waals surface area contributed by atoms with Crippen molar-refractivity contribution in [1.29, 1.82) is 0 Å². The summed E-state index contributed by atoms with van der Waals surface area (Å²) in [6.07, 6.45) is 9.07. The van der Waals surface area contributed by atoms with Gasteiger partial charge in [-0.25, -0.2) is 0 Å². The third-order valence-corrected chi connectivity index (χ3v) is 7.08. The molecular weight excluding hydrogens is 346 g/mol. The highest BCUT2D eigenvalue weighted by atomic mass is 15.3. The fourth-order valence-corrected chi connectivity index (χ4v) is 5.15. The Hall–Kier alpha value is -2.40. The second-order valence-corrected chi connectivity index (χ2v) is 8.50. The minimum absolute atomic E-state index is 0.372. The molecule has 5 heteroatoms. The zero-order chi connectivity index (χ0) is 19.1. The molecule has 1 spiro atoms. The third kappa shape index (κ3) is 2.98. The van der Waals surface area contributed by atoms with Gasteiger partial charge in [-0.2, -0.15) is 5.10 Å². The number of piperidine rings is 1. The molecule has 0 atom stereocenters. The molecule has 28 heavy (non-hydrogen) atoms. The fraction of sp³-hybridized carbons (Fsp3) is 0.478. The van der Waals surface area contributed by atoms with Crippen molar-refractivity contribution in [3.8, 4) is 0 Å². The molecule has 2 aromatic heterocycles. The van der Waals surface area contributed by atoms with E-state index >= 15 is 0 Å². The van der Waals surface area contributed by atoms with E-state index in [1.165, 1.54) is 54.6 Å². The number of pyridine rings is 1. The molecule has 2 fully saturated rings. The van der Waals surface area contributed by atoms with Gasteiger partial charge in [0.15, 0.2) is 0 Å². The van der Waals surface area contributed by atoms with Gasteiger partial charge >= 0.3 is 0 Å². The van der Waals surface area contributed by atoms with Crippen molar-refractivity contribution in [3.05, 3.63) is 54.0 Å². The molecule has 0 aliphatic carbocycles. The number of hydrogen-bond acceptors (Lipinski definition) is 4. The molecule has 0 N–H and O–H groups in total. The number of nitrogens with zero attached hydrogens (tertiary/aromatic N) is 5. The Kier molecular flexibility index (Phi) is 4.35. The lowest BCUT2D eigenvalue weighted by molar-refractivity contribution is 0.0996. The van der Waals surface area contributed by atoms with Gasteiger partial charge in [0, 0.05) is 60.7 Å². The lowest BCUT2D eigenvalue weighted by Crippen LogP contribution is -2.51. The first kappa shape index (κ1) is 17.7. The maximum absolute atomic E-state index is 4.45. The van der Waals surface area contributed by atoms with Gasteiger partial charge in [-0.1, -0.05) is 6.07 Å². The molecule has 0 unspecified atom stereocenters. The molecule has 0 radical (unpaired) electrons. The normalized spacial score (nSPS) is 19.7. The summed E-state index contributed by atoms with van der Waals surface area (Å²) >= 11 is 0. The van der Waals surface area contributed by atoms with Crippen molar-refractivity contribution in [2.75, 3.05) is 24.5 Å². The Morgan fingerprint density at radius 2 is 1.93 bits per heavy atom. The summed E-state index contributed by atoms with van der Waals surface area (Å²) in [4.78, 5) is 9.76. The van der Waals surface area contributed by atoms with Gasteiger partial charge in [-0.05, 0) is 63.4 Å². The van der Waals surface area contributed by atoms with Crippen LogP contribution in [0.4, 0.5) is 5.69 Å². The molecular formula is C23H29N5. The molecule has 2 saturated heterocycles. The molecule has 5 nitrogen and oxygen atoms in total. The average Bonchev–Trinajstić information content (AvgIpc) is 3.26. The number of hydrogen-bond donors (Lipinski definition) is 0. The van der Waals surface area contributed by atoms with E-state index in [0.29, 0.717) is 5.54 Å². The highest BCUT2D eigenvalue weighted by Gasteiger charge is 2.43. The third-order valence-electron chi connectivity index (χ3n) is 7.08. The molecule has 0 saturated carbocycles. The molecule has 2 aliphatic heterocycles. The maximum atomic E-state index is 4.45. The highest BCUT2D eigenvalue weighted by Crippen LogP contribution is 2.40. The molecule has 0 bridgehead atoms. The molecule has 0 amide bonds. The number of benzene rings is 1. The summed E-state index contributed by atoms with van der Waals surface area (Å²) in [6, 6.07) is 10.9. The Balaban J connectivity index is 1.31. The van der Waals surface area contributed by atoms with Crippen LogP contribution in [0.1, 0.15) is 36.9 Å². The van der Waals surface area contributed by atoms with Crippen molar-refractivity contribution in [2.45, 2.75) is 44.7 Å². The second-order valence-electron chi connectivity index (χ2n) is 8.50. The quantitative estimate of drug-likeness (QED) is 0.695. The lowest BCUT2D eigenvalue weighted by atomic mass is 9.84. The van der Waals surface area contributed by atoms with Crippen LogP contribution in [0, 0.1) is 6.92 Å². The van der Waals surface area contributed by atoms with E-state index < -0.39 is 0 Å². The van der Waals surface area contributed by atoms with Crippen LogP contribution in [0.5, 0.6) is 0 Å². The zero-order valence-electron chi connectivity index (χ0n) is 16.9. The van der Waals surface area contributed by atoms with Gasteiger partial charge in [0.1, 0.15) is 0 Å². The van der Waals surface area contributed by atoms with Gasteiger partial charge in [-0.3, -0.25) is 14.6 Å². The van der Waals surface area contributed by atoms with E-state index in [1.54, 1.807) is 0 Å². The van der Waals surface area contributed by atoms with Crippen molar-refractivity contribution in [3.63, 3.8) is 0 Å². The van der Waals surface area contributed by atoms with E-state index in [4.69, 9.17) is 0 Å². The summed E-state index contributed by atoms with van der Waals surface area (Å²) in [5.74, 6) is 0. The number of aryl methyl sites for hydroxylation is 1. The first-order valence-corrected chi connectivity index (χ1v) is 10.5. The van der Waals surface area contributed by atoms with Gasteiger partial charge in [0.25, 0.3) is 0 Å². The summed E-state index contributed by atoms with van der Waals surface area (Å²) < 4.78 is 2.00. The van der Waals surface area contributed by atoms with Crippen molar-refractivity contribution in [2.24, 2.45) is 7.05 Å². The van der Waals surface area contributed by atoms with E-state index in [0.717, 1.165) is 25.2 Å². The molecule has 146 valence electrons. The number of rotatable bonds is 3. The van der Waals surface area contributed by atoms with Crippen molar-refractivity contribution >= 4 is 16.6 Å². The van der Waals surface area contributed by atoms with Crippen molar-refractivity contribution < 1.29 is 0 Å². The molecule has 5 rings (SSSR count). The van der Waals surface area contributed by atoms with Crippen LogP contribution < -0.4 is 4.90 Å². The van der Waals surface area contributed by atoms with E-state index in [9.17, 15) is 0 Å². The largest absolute Gasteiger partial charge is 0.371 e. The Bertz CT molecular complexity index is 984. The van der Waals surface area contributed by atoms with Gasteiger partial charge < -0.3 is 4.90 Å². The molecule has 4 heterocycles. The van der Waals surface area contributed by atoms with Crippen LogP contribution in [0.25, 0.3) is 10.9 Å². The second kappa shape index (κ2) is 6.89. The molecule has 2 aliphatic rings. The maximum Gasteiger partial charge on any atom is 0.0703 e. The SMILES string of the molecule is Cc1c(CN2CCCC23CCN(c2ccc4ncccc4c2)CC3)cnn1C. The summed E-state index contributed by atoms with van der Waals surface area (Å²) in [7, 11) is 2.04. The standard InChI is InChI=1S/C23H29N5/c1-18-20(16-25-26(18)2)17-28-12-4-8-23(28)9-13-27(14-10-23)21-6-7-22-19(15-21)5-3-11-24-22/h3,5-7,11,15-16H,4,8-10,12-14,17H2,1-2H3. The minimum Gasteiger partial charge on any atom is -0.371 e. The summed E-state index contributed by atoms with van der Waals surface area (Å²) in [5.41, 5.74) is 5.46. The first-order valence-electron chi connectivity index (χ1n) is 10.5. The predicted octanol–water partition coefficient (Wildman–Crippen LogP) is 3.91. The number of fused-ring (bicyclic) bond motifs is 1. The Labute approximate surface area is 167 Å². The number of likely N-dealkylation sites (tertiary alicyclic amines) is 1. The van der Waals surface area contributed by atoms with Crippen LogP contribution in [-0.4, -0.2) is 44.8 Å². The van der Waals surface area contributed by atoms with Crippen LogP contribution in [0.15, 0.2) is 42.7 Å². The number of anilines is 1. The van der Waals surface area contributed by atoms with E-state index in [1.807, 2.05) is 24.0 Å².